The van der Waals surface area contributed by atoms with E-state index < -0.39 is 0 Å². The van der Waals surface area contributed by atoms with Crippen molar-refractivity contribution in [1.82, 2.24) is 24.6 Å². The summed E-state index contributed by atoms with van der Waals surface area (Å²) in [6.45, 7) is 14.0. The average molecular weight is 451 g/mol. The molecule has 1 fully saturated rings. The second kappa shape index (κ2) is 9.80. The molecule has 0 saturated carbocycles. The van der Waals surface area contributed by atoms with Crippen molar-refractivity contribution in [3.05, 3.63) is 54.4 Å². The standard InChI is InChI=1S/C25H32N5O3/c1-4-9-28-10-12-29(13-11-28)16-18-5-7-19(8-6-18)30-24(26-27-25(30)33)21-14-20(17(2)3)22(31)15-23(21)32/h5-8,14-15,17,31-32H,1,4,9-13,16H2,2-3H3,(H,27,33). The fraction of sp³-hybridized carbons (Fsp3) is 0.400. The third kappa shape index (κ3) is 4.96. The van der Waals surface area contributed by atoms with Crippen molar-refractivity contribution in [3.8, 4) is 34.6 Å². The molecule has 0 spiro atoms. The van der Waals surface area contributed by atoms with Crippen LogP contribution in [0.4, 0.5) is 0 Å². The molecule has 1 aliphatic rings. The lowest BCUT2D eigenvalue weighted by Crippen LogP contribution is -2.45. The number of aromatic nitrogens is 3. The third-order valence-electron chi connectivity index (χ3n) is 6.19. The average Bonchev–Trinajstić information content (AvgIpc) is 3.17. The van der Waals surface area contributed by atoms with Gasteiger partial charge in [-0.1, -0.05) is 38.0 Å². The van der Waals surface area contributed by atoms with E-state index in [1.54, 1.807) is 6.07 Å². The van der Waals surface area contributed by atoms with Crippen molar-refractivity contribution in [2.45, 2.75) is 32.7 Å². The highest BCUT2D eigenvalue weighted by atomic mass is 16.3. The fourth-order valence-electron chi connectivity index (χ4n) is 4.33. The molecule has 8 nitrogen and oxygen atoms in total. The summed E-state index contributed by atoms with van der Waals surface area (Å²) in [5.41, 5.74) is 2.96. The Balaban J connectivity index is 1.56. The number of hydrogen-bond acceptors (Lipinski definition) is 7. The Bertz CT molecular complexity index is 1090. The molecular formula is C25H32N5O3. The van der Waals surface area contributed by atoms with E-state index in [4.69, 9.17) is 0 Å². The summed E-state index contributed by atoms with van der Waals surface area (Å²) in [5, 5.41) is 39.0. The van der Waals surface area contributed by atoms with Crippen LogP contribution in [-0.2, 0) is 6.54 Å². The quantitative estimate of drug-likeness (QED) is 0.507. The van der Waals surface area contributed by atoms with Gasteiger partial charge in [0.15, 0.2) is 5.82 Å². The first kappa shape index (κ1) is 23.1. The highest BCUT2D eigenvalue weighted by Crippen LogP contribution is 2.38. The maximum Gasteiger partial charge on any atom is 0.319 e. The van der Waals surface area contributed by atoms with Crippen molar-refractivity contribution >= 4 is 0 Å². The van der Waals surface area contributed by atoms with Crippen LogP contribution >= 0.6 is 0 Å². The number of benzene rings is 2. The minimum Gasteiger partial charge on any atom is -0.508 e. The van der Waals surface area contributed by atoms with Crippen molar-refractivity contribution in [2.75, 3.05) is 32.7 Å². The summed E-state index contributed by atoms with van der Waals surface area (Å²) >= 11 is 0. The number of phenols is 2. The molecule has 1 aliphatic heterocycles. The van der Waals surface area contributed by atoms with Crippen LogP contribution in [0.25, 0.3) is 17.1 Å². The van der Waals surface area contributed by atoms with Gasteiger partial charge in [-0.3, -0.25) is 4.90 Å². The van der Waals surface area contributed by atoms with Crippen LogP contribution in [0.3, 0.4) is 0 Å². The van der Waals surface area contributed by atoms with Crippen LogP contribution < -0.4 is 0 Å². The van der Waals surface area contributed by atoms with Gasteiger partial charge in [0.25, 0.3) is 0 Å². The number of aromatic hydroxyl groups is 3. The molecule has 3 N–H and O–H groups in total. The Hall–Kier alpha value is -3.10. The molecule has 0 bridgehead atoms. The molecule has 33 heavy (non-hydrogen) atoms. The van der Waals surface area contributed by atoms with Crippen LogP contribution in [0.15, 0.2) is 36.4 Å². The molecule has 0 aliphatic carbocycles. The van der Waals surface area contributed by atoms with Gasteiger partial charge in [0.2, 0.25) is 0 Å². The van der Waals surface area contributed by atoms with E-state index in [0.29, 0.717) is 22.6 Å². The zero-order valence-electron chi connectivity index (χ0n) is 19.3. The van der Waals surface area contributed by atoms with Gasteiger partial charge < -0.3 is 20.2 Å². The molecule has 1 saturated heterocycles. The zero-order chi connectivity index (χ0) is 23.5. The predicted octanol–water partition coefficient (Wildman–Crippen LogP) is 3.52. The van der Waals surface area contributed by atoms with Gasteiger partial charge in [0.1, 0.15) is 11.5 Å². The van der Waals surface area contributed by atoms with Gasteiger partial charge in [-0.2, -0.15) is 0 Å². The minimum atomic E-state index is -0.266. The smallest absolute Gasteiger partial charge is 0.319 e. The number of phenolic OH excluding ortho intramolecular Hbond substituents is 2. The van der Waals surface area contributed by atoms with Crippen LogP contribution in [0.1, 0.15) is 37.3 Å². The van der Waals surface area contributed by atoms with Crippen molar-refractivity contribution < 1.29 is 15.3 Å². The lowest BCUT2D eigenvalue weighted by atomic mass is 9.98. The summed E-state index contributed by atoms with van der Waals surface area (Å²) in [5.74, 6) is 0.258. The molecule has 1 radical (unpaired) electrons. The first-order chi connectivity index (χ1) is 15.9. The minimum absolute atomic E-state index is 0.0260. The molecule has 175 valence electrons. The predicted molar refractivity (Wildman–Crippen MR) is 128 cm³/mol. The Kier molecular flexibility index (Phi) is 6.85. The lowest BCUT2D eigenvalue weighted by Gasteiger charge is -2.34. The summed E-state index contributed by atoms with van der Waals surface area (Å²) in [4.78, 5) is 4.89. The Morgan fingerprint density at radius 3 is 2.21 bits per heavy atom. The van der Waals surface area contributed by atoms with Crippen LogP contribution in [0, 0.1) is 6.92 Å². The molecule has 3 aromatic rings. The summed E-state index contributed by atoms with van der Waals surface area (Å²) in [6, 6.07) is 10.6. The largest absolute Gasteiger partial charge is 0.508 e. The summed E-state index contributed by atoms with van der Waals surface area (Å²) in [7, 11) is 0. The maximum atomic E-state index is 10.5. The normalized spacial score (nSPS) is 15.4. The molecule has 0 amide bonds. The van der Waals surface area contributed by atoms with Gasteiger partial charge in [-0.15, -0.1) is 5.10 Å². The zero-order valence-corrected chi connectivity index (χ0v) is 19.3. The highest BCUT2D eigenvalue weighted by Gasteiger charge is 2.21. The number of rotatable bonds is 7. The third-order valence-corrected chi connectivity index (χ3v) is 6.19. The van der Waals surface area contributed by atoms with Crippen LogP contribution in [0.5, 0.6) is 17.5 Å². The second-order valence-corrected chi connectivity index (χ2v) is 8.88. The SMILES string of the molecule is [CH2]CCN1CCN(Cc2ccc(-n3c(O)nnc3-c3cc(C(C)C)c(O)cc3O)cc2)CC1. The molecule has 1 aromatic heterocycles. The fourth-order valence-corrected chi connectivity index (χ4v) is 4.33. The molecule has 0 unspecified atom stereocenters. The molecule has 8 heteroatoms. The summed E-state index contributed by atoms with van der Waals surface area (Å²) < 4.78 is 1.50. The Labute approximate surface area is 194 Å². The first-order valence-electron chi connectivity index (χ1n) is 11.4. The van der Waals surface area contributed by atoms with Gasteiger partial charge in [-0.05, 0) is 48.2 Å². The Morgan fingerprint density at radius 1 is 0.909 bits per heavy atom. The van der Waals surface area contributed by atoms with E-state index in [1.165, 1.54) is 16.2 Å². The van der Waals surface area contributed by atoms with Gasteiger partial charge in [0.05, 0.1) is 11.3 Å². The number of hydrogen-bond donors (Lipinski definition) is 3. The Morgan fingerprint density at radius 2 is 1.58 bits per heavy atom. The maximum absolute atomic E-state index is 10.5. The van der Waals surface area contributed by atoms with Crippen molar-refractivity contribution in [3.63, 3.8) is 0 Å². The van der Waals surface area contributed by atoms with Crippen molar-refractivity contribution in [1.29, 1.82) is 0 Å². The van der Waals surface area contributed by atoms with Crippen LogP contribution in [0.2, 0.25) is 0 Å². The van der Waals surface area contributed by atoms with E-state index in [-0.39, 0.29) is 23.4 Å². The van der Waals surface area contributed by atoms with Crippen LogP contribution in [-0.4, -0.2) is 72.6 Å². The topological polar surface area (TPSA) is 97.9 Å². The molecule has 4 rings (SSSR count). The van der Waals surface area contributed by atoms with Gasteiger partial charge >= 0.3 is 6.01 Å². The number of nitrogens with zero attached hydrogens (tertiary/aromatic N) is 5. The van der Waals surface area contributed by atoms with E-state index >= 15 is 0 Å². The van der Waals surface area contributed by atoms with Gasteiger partial charge in [0, 0.05) is 38.8 Å². The number of piperazine rings is 1. The molecular weight excluding hydrogens is 418 g/mol. The van der Waals surface area contributed by atoms with E-state index in [0.717, 1.165) is 45.7 Å². The highest BCUT2D eigenvalue weighted by molar-refractivity contribution is 5.69. The molecule has 2 heterocycles. The second-order valence-electron chi connectivity index (χ2n) is 8.88. The summed E-state index contributed by atoms with van der Waals surface area (Å²) in [6.07, 6.45) is 0.945. The van der Waals surface area contributed by atoms with E-state index in [1.807, 2.05) is 38.1 Å². The monoisotopic (exact) mass is 450 g/mol. The molecule has 0 atom stereocenters. The first-order valence-corrected chi connectivity index (χ1v) is 11.4. The van der Waals surface area contributed by atoms with E-state index in [2.05, 4.69) is 26.9 Å². The van der Waals surface area contributed by atoms with E-state index in [9.17, 15) is 15.3 Å². The molecule has 2 aromatic carbocycles. The van der Waals surface area contributed by atoms with Gasteiger partial charge in [-0.25, -0.2) is 4.57 Å². The van der Waals surface area contributed by atoms with Crippen molar-refractivity contribution in [2.24, 2.45) is 0 Å². The lowest BCUT2D eigenvalue weighted by molar-refractivity contribution is 0.128.